The molecule has 57 heavy (non-hydrogen) atoms. The first-order chi connectivity index (χ1) is 27.0. The zero-order valence-electron chi connectivity index (χ0n) is 32.5. The van der Waals surface area contributed by atoms with Crippen molar-refractivity contribution in [3.8, 4) is 6.07 Å². The largest absolute Gasteiger partial charge is 0.419 e. The van der Waals surface area contributed by atoms with E-state index in [0.29, 0.717) is 43.2 Å². The Morgan fingerprint density at radius 1 is 1.07 bits per heavy atom. The number of nitrogens with one attached hydrogen (secondary N) is 3. The second kappa shape index (κ2) is 17.1. The molecule has 3 N–H and O–H groups in total. The van der Waals surface area contributed by atoms with Gasteiger partial charge in [0.05, 0.1) is 30.1 Å². The van der Waals surface area contributed by atoms with Gasteiger partial charge in [0.2, 0.25) is 17.7 Å². The van der Waals surface area contributed by atoms with E-state index in [1.807, 2.05) is 11.0 Å². The molecular weight excluding hydrogens is 762 g/mol. The number of imide groups is 1. The number of piperidine rings is 2. The number of thiocarbonyl (C=S) groups is 1. The Morgan fingerprint density at radius 3 is 2.40 bits per heavy atom. The second-order valence-corrected chi connectivity index (χ2v) is 16.5. The zero-order chi connectivity index (χ0) is 41.2. The Balaban J connectivity index is 0.943. The van der Waals surface area contributed by atoms with Gasteiger partial charge in [-0.15, -0.1) is 0 Å². The van der Waals surface area contributed by atoms with Crippen LogP contribution in [0, 0.1) is 17.2 Å². The summed E-state index contributed by atoms with van der Waals surface area (Å²) in [6.45, 7) is 8.58. The number of anilines is 3. The average Bonchev–Trinajstić information content (AvgIpc) is 3.32. The van der Waals surface area contributed by atoms with E-state index in [1.54, 1.807) is 32.0 Å². The molecule has 1 saturated carbocycles. The lowest BCUT2D eigenvalue weighted by atomic mass is 9.85. The van der Waals surface area contributed by atoms with Gasteiger partial charge in [-0.25, -0.2) is 4.98 Å². The van der Waals surface area contributed by atoms with Crippen molar-refractivity contribution in [1.82, 2.24) is 20.1 Å². The number of halogens is 3. The van der Waals surface area contributed by atoms with Crippen molar-refractivity contribution >= 4 is 58.0 Å². The van der Waals surface area contributed by atoms with E-state index < -0.39 is 34.9 Å². The standard InChI is InChI=1S/C40H49F3N8O5S/c1-23-16-25(17-24(2)49(23)22-35(53)47-27-7-5-6-26(18-27)46-32-12-13-34(52)48-36(32)54)14-15-56-30-10-8-28(9-11-30)51-38(57)50(37(55)39(51,3)4)29-19-31(40(41,42)43)33(20-44)45-21-29/h5-7,18-19,21,23-25,28,30,32,46H,8-17,22H2,1-4H3,(H,47,53)(H,48,52,54)/t23-,24+,25?,28-,30-,32?. The third-order valence-corrected chi connectivity index (χ3v) is 12.1. The lowest BCUT2D eigenvalue weighted by Crippen LogP contribution is -2.51. The molecule has 4 aliphatic rings. The van der Waals surface area contributed by atoms with Gasteiger partial charge in [0, 0.05) is 42.5 Å². The van der Waals surface area contributed by atoms with Crippen molar-refractivity contribution in [2.45, 2.75) is 127 Å². The highest BCUT2D eigenvalue weighted by molar-refractivity contribution is 7.80. The Bertz CT molecular complexity index is 1920. The van der Waals surface area contributed by atoms with Gasteiger partial charge in [0.15, 0.2) is 10.8 Å². The molecule has 17 heteroatoms. The fourth-order valence-electron chi connectivity index (χ4n) is 8.80. The van der Waals surface area contributed by atoms with Gasteiger partial charge in [-0.1, -0.05) is 6.07 Å². The van der Waals surface area contributed by atoms with Crippen LogP contribution in [0.3, 0.4) is 0 Å². The summed E-state index contributed by atoms with van der Waals surface area (Å²) in [6, 6.07) is 9.17. The van der Waals surface area contributed by atoms with Gasteiger partial charge >= 0.3 is 6.18 Å². The number of ether oxygens (including phenoxy) is 1. The van der Waals surface area contributed by atoms with E-state index in [-0.39, 0.29) is 65.7 Å². The Morgan fingerprint density at radius 2 is 1.75 bits per heavy atom. The summed E-state index contributed by atoms with van der Waals surface area (Å²) >= 11 is 5.71. The SMILES string of the molecule is C[C@@H]1CC(CCO[C@H]2CC[C@H](N3C(=S)N(c4cnc(C#N)c(C(F)(F)F)c4)C(=O)C3(C)C)CC2)C[C@H](C)N1CC(=O)Nc1cccc(NC2CCC(=O)NC2=O)c1. The van der Waals surface area contributed by atoms with Gasteiger partial charge in [0.1, 0.15) is 17.6 Å². The molecular formula is C40H49F3N8O5S. The summed E-state index contributed by atoms with van der Waals surface area (Å²) in [5.74, 6) is -0.773. The number of aromatic nitrogens is 1. The number of carbonyl (C=O) groups excluding carboxylic acids is 4. The third kappa shape index (κ3) is 9.39. The number of nitrogens with zero attached hydrogens (tertiary/aromatic N) is 5. The smallest absolute Gasteiger partial charge is 0.378 e. The number of nitriles is 1. The van der Waals surface area contributed by atoms with Crippen LogP contribution in [0.5, 0.6) is 0 Å². The summed E-state index contributed by atoms with van der Waals surface area (Å²) in [6.07, 6.45) is 2.64. The van der Waals surface area contributed by atoms with Gasteiger partial charge in [-0.05, 0) is 121 Å². The van der Waals surface area contributed by atoms with E-state index in [0.717, 1.165) is 49.3 Å². The van der Waals surface area contributed by atoms with Gasteiger partial charge < -0.3 is 20.3 Å². The van der Waals surface area contributed by atoms with Gasteiger partial charge in [-0.3, -0.25) is 34.3 Å². The number of likely N-dealkylation sites (tertiary alicyclic amines) is 1. The summed E-state index contributed by atoms with van der Waals surface area (Å²) < 4.78 is 47.4. The van der Waals surface area contributed by atoms with Crippen molar-refractivity contribution < 1.29 is 37.1 Å². The van der Waals surface area contributed by atoms with Crippen molar-refractivity contribution in [1.29, 1.82) is 5.26 Å². The van der Waals surface area contributed by atoms with E-state index in [9.17, 15) is 32.3 Å². The van der Waals surface area contributed by atoms with Crippen LogP contribution in [0.4, 0.5) is 30.2 Å². The van der Waals surface area contributed by atoms with Crippen LogP contribution in [-0.2, 0) is 30.1 Å². The highest BCUT2D eigenvalue weighted by Gasteiger charge is 2.53. The molecule has 0 spiro atoms. The molecule has 4 heterocycles. The second-order valence-electron chi connectivity index (χ2n) is 16.1. The fraction of sp³-hybridized carbons (Fsp3) is 0.575. The maximum absolute atomic E-state index is 13.7. The van der Waals surface area contributed by atoms with Crippen molar-refractivity contribution in [3.05, 3.63) is 47.8 Å². The number of pyridine rings is 1. The summed E-state index contributed by atoms with van der Waals surface area (Å²) in [5.41, 5.74) is -1.90. The highest BCUT2D eigenvalue weighted by Crippen LogP contribution is 2.40. The van der Waals surface area contributed by atoms with Gasteiger partial charge in [-0.2, -0.15) is 18.4 Å². The predicted molar refractivity (Wildman–Crippen MR) is 210 cm³/mol. The minimum atomic E-state index is -4.82. The average molecular weight is 811 g/mol. The van der Waals surface area contributed by atoms with Gasteiger partial charge in [0.25, 0.3) is 5.91 Å². The quantitative estimate of drug-likeness (QED) is 0.188. The van der Waals surface area contributed by atoms with Crippen LogP contribution in [-0.4, -0.2) is 92.5 Å². The Labute approximate surface area is 335 Å². The molecule has 3 saturated heterocycles. The lowest BCUT2D eigenvalue weighted by molar-refractivity contribution is -0.138. The third-order valence-electron chi connectivity index (χ3n) is 11.7. The summed E-state index contributed by atoms with van der Waals surface area (Å²) in [5, 5.41) is 17.7. The zero-order valence-corrected chi connectivity index (χ0v) is 33.3. The van der Waals surface area contributed by atoms with Crippen LogP contribution < -0.4 is 20.9 Å². The number of rotatable bonds is 11. The Kier molecular flexibility index (Phi) is 12.6. The molecule has 306 valence electrons. The molecule has 3 aliphatic heterocycles. The molecule has 4 amide bonds. The maximum atomic E-state index is 13.7. The molecule has 2 unspecified atom stereocenters. The van der Waals surface area contributed by atoms with E-state index in [4.69, 9.17) is 22.2 Å². The minimum absolute atomic E-state index is 0.0424. The topological polar surface area (TPSA) is 160 Å². The number of amides is 4. The van der Waals surface area contributed by atoms with Crippen LogP contribution in [0.25, 0.3) is 0 Å². The molecule has 0 bridgehead atoms. The molecule has 13 nitrogen and oxygen atoms in total. The van der Waals surface area contributed by atoms with E-state index in [2.05, 4.69) is 39.7 Å². The predicted octanol–water partition coefficient (Wildman–Crippen LogP) is 5.75. The highest BCUT2D eigenvalue weighted by atomic mass is 32.1. The molecule has 6 rings (SSSR count). The number of alkyl halides is 3. The van der Waals surface area contributed by atoms with Crippen LogP contribution in [0.15, 0.2) is 36.5 Å². The monoisotopic (exact) mass is 810 g/mol. The fourth-order valence-corrected chi connectivity index (χ4v) is 9.37. The lowest BCUT2D eigenvalue weighted by Gasteiger charge is -2.42. The summed E-state index contributed by atoms with van der Waals surface area (Å²) in [4.78, 5) is 59.2. The van der Waals surface area contributed by atoms with Crippen LogP contribution in [0.2, 0.25) is 0 Å². The summed E-state index contributed by atoms with van der Waals surface area (Å²) in [7, 11) is 0. The van der Waals surface area contributed by atoms with Crippen molar-refractivity contribution in [2.24, 2.45) is 5.92 Å². The van der Waals surface area contributed by atoms with Crippen LogP contribution in [0.1, 0.15) is 96.7 Å². The molecule has 2 aromatic rings. The maximum Gasteiger partial charge on any atom is 0.419 e. The minimum Gasteiger partial charge on any atom is -0.378 e. The first-order valence-electron chi connectivity index (χ1n) is 19.5. The molecule has 1 aromatic carbocycles. The van der Waals surface area contributed by atoms with E-state index >= 15 is 0 Å². The van der Waals surface area contributed by atoms with Crippen LogP contribution >= 0.6 is 12.2 Å². The Hall–Kier alpha value is -4.66. The number of hydrogen-bond donors (Lipinski definition) is 3. The number of carbonyl (C=O) groups is 4. The molecule has 1 aliphatic carbocycles. The van der Waals surface area contributed by atoms with Crippen molar-refractivity contribution in [3.63, 3.8) is 0 Å². The first-order valence-corrected chi connectivity index (χ1v) is 19.9. The number of hydrogen-bond acceptors (Lipinski definition) is 10. The molecule has 1 aromatic heterocycles. The molecule has 0 radical (unpaired) electrons. The first kappa shape index (κ1) is 42.0. The molecule has 4 fully saturated rings. The normalized spacial score (nSPS) is 26.9. The van der Waals surface area contributed by atoms with E-state index in [1.165, 1.54) is 6.07 Å². The number of benzene rings is 1. The van der Waals surface area contributed by atoms with Crippen molar-refractivity contribution in [2.75, 3.05) is 28.7 Å². The molecule has 4 atom stereocenters.